The minimum Gasteiger partial charge on any atom is -0.507 e. The molecule has 0 unspecified atom stereocenters. The van der Waals surface area contributed by atoms with Crippen molar-refractivity contribution in [3.8, 4) is 17.2 Å². The van der Waals surface area contributed by atoms with E-state index in [9.17, 15) is 14.7 Å². The fraction of sp³-hybridized carbons (Fsp3) is 0.241. The molecule has 5 rings (SSSR count). The van der Waals surface area contributed by atoms with Crippen LogP contribution in [-0.4, -0.2) is 31.4 Å². The summed E-state index contributed by atoms with van der Waals surface area (Å²) in [6, 6.07) is 20.1. The van der Waals surface area contributed by atoms with Crippen molar-refractivity contribution in [1.29, 1.82) is 0 Å². The van der Waals surface area contributed by atoms with Crippen molar-refractivity contribution in [1.82, 2.24) is 0 Å². The molecular weight excluding hydrogens is 460 g/mol. The smallest absolute Gasteiger partial charge is 0.343 e. The summed E-state index contributed by atoms with van der Waals surface area (Å²) in [5.74, 6) is -0.118. The highest BCUT2D eigenvalue weighted by molar-refractivity contribution is 5.85. The number of benzene rings is 3. The van der Waals surface area contributed by atoms with E-state index in [0.29, 0.717) is 36.3 Å². The lowest BCUT2D eigenvalue weighted by atomic mass is 9.87. The van der Waals surface area contributed by atoms with E-state index in [1.54, 1.807) is 42.5 Å². The van der Waals surface area contributed by atoms with Crippen LogP contribution in [0.5, 0.6) is 17.2 Å². The number of fused-ring (bicyclic) bond motifs is 2. The maximum absolute atomic E-state index is 13.0. The lowest BCUT2D eigenvalue weighted by Gasteiger charge is -2.21. The van der Waals surface area contributed by atoms with Crippen LogP contribution in [-0.2, 0) is 22.4 Å². The molecule has 0 bridgehead atoms. The van der Waals surface area contributed by atoms with Crippen LogP contribution in [0, 0.1) is 0 Å². The van der Waals surface area contributed by atoms with Crippen molar-refractivity contribution in [3.05, 3.63) is 99.4 Å². The number of aromatic hydroxyl groups is 1. The molecule has 36 heavy (non-hydrogen) atoms. The summed E-state index contributed by atoms with van der Waals surface area (Å²) in [4.78, 5) is 25.4. The number of ether oxygens (including phenoxy) is 3. The zero-order chi connectivity index (χ0) is 25.1. The Balaban J connectivity index is 1.47. The maximum Gasteiger partial charge on any atom is 0.343 e. The van der Waals surface area contributed by atoms with Crippen molar-refractivity contribution >= 4 is 16.9 Å². The second-order valence-electron chi connectivity index (χ2n) is 8.66. The molecular formula is C29H26O7. The first-order valence-electron chi connectivity index (χ1n) is 11.8. The fourth-order valence-electron chi connectivity index (χ4n) is 4.65. The number of rotatable bonds is 8. The second-order valence-corrected chi connectivity index (χ2v) is 8.66. The zero-order valence-electron chi connectivity index (χ0n) is 19.9. The molecule has 0 saturated heterocycles. The fourth-order valence-corrected chi connectivity index (χ4v) is 4.65. The van der Waals surface area contributed by atoms with Gasteiger partial charge in [0.05, 0.1) is 37.7 Å². The second kappa shape index (κ2) is 10.2. The molecule has 0 saturated carbocycles. The van der Waals surface area contributed by atoms with Gasteiger partial charge in [-0.25, -0.2) is 4.79 Å². The van der Waals surface area contributed by atoms with E-state index >= 15 is 0 Å². The van der Waals surface area contributed by atoms with Crippen molar-refractivity contribution in [3.63, 3.8) is 0 Å². The molecule has 0 aliphatic carbocycles. The molecule has 2 heterocycles. The van der Waals surface area contributed by atoms with Gasteiger partial charge in [0.25, 0.3) is 0 Å². The number of hydrogen-bond donors (Lipinski definition) is 1. The number of hydrogen-bond acceptors (Lipinski definition) is 7. The van der Waals surface area contributed by atoms with E-state index in [1.807, 2.05) is 18.2 Å². The minimum atomic E-state index is -0.827. The average Bonchev–Trinajstić information content (AvgIpc) is 3.36. The van der Waals surface area contributed by atoms with E-state index < -0.39 is 17.5 Å². The van der Waals surface area contributed by atoms with Gasteiger partial charge >= 0.3 is 11.6 Å². The Hall–Kier alpha value is -4.26. The Labute approximate surface area is 207 Å². The standard InChI is InChI=1S/C29H26O7/c1-33-26(30)17-22(27-28(31)21-7-3-5-9-25(21)36-29(27)32)20-6-2-4-8-24(20)35-14-12-18-10-11-23-19(16-18)13-15-34-23/h2-11,16,22,31H,12-15,17H2,1H3/t22-/m0/s1. The largest absolute Gasteiger partial charge is 0.507 e. The minimum absolute atomic E-state index is 0.00577. The highest BCUT2D eigenvalue weighted by atomic mass is 16.5. The molecule has 1 aliphatic heterocycles. The highest BCUT2D eigenvalue weighted by Gasteiger charge is 2.29. The molecule has 7 nitrogen and oxygen atoms in total. The molecule has 4 aromatic rings. The third-order valence-electron chi connectivity index (χ3n) is 6.46. The molecule has 0 fully saturated rings. The van der Waals surface area contributed by atoms with Gasteiger partial charge in [-0.15, -0.1) is 0 Å². The Morgan fingerprint density at radius 2 is 1.89 bits per heavy atom. The van der Waals surface area contributed by atoms with Gasteiger partial charge in [-0.05, 0) is 35.4 Å². The van der Waals surface area contributed by atoms with E-state index in [1.165, 1.54) is 12.7 Å². The highest BCUT2D eigenvalue weighted by Crippen LogP contribution is 2.39. The molecule has 0 spiro atoms. The number of para-hydroxylation sites is 2. The van der Waals surface area contributed by atoms with Crippen LogP contribution in [0.15, 0.2) is 75.9 Å². The van der Waals surface area contributed by atoms with Gasteiger partial charge in [0.1, 0.15) is 22.8 Å². The van der Waals surface area contributed by atoms with E-state index in [-0.39, 0.29) is 23.3 Å². The molecule has 1 aliphatic rings. The Morgan fingerprint density at radius 3 is 2.75 bits per heavy atom. The average molecular weight is 487 g/mol. The summed E-state index contributed by atoms with van der Waals surface area (Å²) < 4.78 is 22.1. The van der Waals surface area contributed by atoms with Gasteiger partial charge in [-0.2, -0.15) is 0 Å². The third-order valence-corrected chi connectivity index (χ3v) is 6.46. The molecule has 1 aromatic heterocycles. The topological polar surface area (TPSA) is 95.2 Å². The SMILES string of the molecule is COC(=O)C[C@@H](c1ccccc1OCCc1ccc2c(c1)CCO2)c1c(O)c2ccccc2oc1=O. The van der Waals surface area contributed by atoms with Gasteiger partial charge < -0.3 is 23.7 Å². The first kappa shape index (κ1) is 23.5. The molecule has 184 valence electrons. The molecule has 0 radical (unpaired) electrons. The van der Waals surface area contributed by atoms with Gasteiger partial charge in [-0.3, -0.25) is 4.79 Å². The van der Waals surface area contributed by atoms with Crippen LogP contribution < -0.4 is 15.1 Å². The quantitative estimate of drug-likeness (QED) is 0.284. The monoisotopic (exact) mass is 486 g/mol. The summed E-state index contributed by atoms with van der Waals surface area (Å²) in [7, 11) is 1.28. The zero-order valence-corrected chi connectivity index (χ0v) is 19.9. The van der Waals surface area contributed by atoms with Crippen LogP contribution in [0.3, 0.4) is 0 Å². The van der Waals surface area contributed by atoms with Crippen molar-refractivity contribution in [2.45, 2.75) is 25.2 Å². The number of esters is 1. The normalized spacial score (nSPS) is 13.1. The molecule has 7 heteroatoms. The summed E-state index contributed by atoms with van der Waals surface area (Å²) in [5.41, 5.74) is 2.47. The van der Waals surface area contributed by atoms with Crippen LogP contribution in [0.2, 0.25) is 0 Å². The van der Waals surface area contributed by atoms with Gasteiger partial charge in [0, 0.05) is 24.3 Å². The van der Waals surface area contributed by atoms with E-state index in [4.69, 9.17) is 18.6 Å². The van der Waals surface area contributed by atoms with Gasteiger partial charge in [0.2, 0.25) is 0 Å². The van der Waals surface area contributed by atoms with Gasteiger partial charge in [0.15, 0.2) is 0 Å². The summed E-state index contributed by atoms with van der Waals surface area (Å²) >= 11 is 0. The van der Waals surface area contributed by atoms with E-state index in [0.717, 1.165) is 17.7 Å². The van der Waals surface area contributed by atoms with Crippen LogP contribution in [0.25, 0.3) is 11.0 Å². The van der Waals surface area contributed by atoms with Gasteiger partial charge in [-0.1, -0.05) is 42.5 Å². The molecule has 3 aromatic carbocycles. The van der Waals surface area contributed by atoms with E-state index in [2.05, 4.69) is 6.07 Å². The summed E-state index contributed by atoms with van der Waals surface area (Å²) in [6.07, 6.45) is 1.41. The predicted molar refractivity (Wildman–Crippen MR) is 134 cm³/mol. The Kier molecular flexibility index (Phi) is 6.62. The van der Waals surface area contributed by atoms with Crippen LogP contribution >= 0.6 is 0 Å². The number of carbonyl (C=O) groups excluding carboxylic acids is 1. The maximum atomic E-state index is 13.0. The van der Waals surface area contributed by atoms with Crippen molar-refractivity contribution in [2.75, 3.05) is 20.3 Å². The predicted octanol–water partition coefficient (Wildman–Crippen LogP) is 4.75. The van der Waals surface area contributed by atoms with Crippen molar-refractivity contribution in [2.24, 2.45) is 0 Å². The Morgan fingerprint density at radius 1 is 1.08 bits per heavy atom. The first-order valence-corrected chi connectivity index (χ1v) is 11.8. The molecule has 0 amide bonds. The van der Waals surface area contributed by atoms with Crippen LogP contribution in [0.1, 0.15) is 34.6 Å². The lowest BCUT2D eigenvalue weighted by molar-refractivity contribution is -0.140. The van der Waals surface area contributed by atoms with Crippen LogP contribution in [0.4, 0.5) is 0 Å². The number of methoxy groups -OCH3 is 1. The third kappa shape index (κ3) is 4.64. The molecule has 1 N–H and O–H groups in total. The summed E-state index contributed by atoms with van der Waals surface area (Å²) in [6.45, 7) is 1.10. The number of carbonyl (C=O) groups is 1. The first-order chi connectivity index (χ1) is 17.5. The Bertz CT molecular complexity index is 1470. The molecule has 1 atom stereocenters. The lowest BCUT2D eigenvalue weighted by Crippen LogP contribution is -2.19. The summed E-state index contributed by atoms with van der Waals surface area (Å²) in [5, 5.41) is 11.5. The van der Waals surface area contributed by atoms with Crippen molar-refractivity contribution < 1.29 is 28.5 Å².